The summed E-state index contributed by atoms with van der Waals surface area (Å²) in [6, 6.07) is 0. The van der Waals surface area contributed by atoms with Crippen molar-refractivity contribution < 1.29 is 0 Å². The Labute approximate surface area is 107 Å². The summed E-state index contributed by atoms with van der Waals surface area (Å²) in [6.45, 7) is 5.86. The summed E-state index contributed by atoms with van der Waals surface area (Å²) in [5.41, 5.74) is 7.41. The Morgan fingerprint density at radius 1 is 1.18 bits per heavy atom. The number of rotatable bonds is 1. The molecule has 0 saturated carbocycles. The Morgan fingerprint density at radius 2 is 1.94 bits per heavy atom. The number of nitrogen functional groups attached to an aromatic ring is 1. The van der Waals surface area contributed by atoms with E-state index in [9.17, 15) is 0 Å². The number of nitrogens with two attached hydrogens (primary N) is 1. The fourth-order valence-corrected chi connectivity index (χ4v) is 2.24. The van der Waals surface area contributed by atoms with Crippen molar-refractivity contribution in [3.05, 3.63) is 11.0 Å². The molecule has 5 nitrogen and oxygen atoms in total. The highest BCUT2D eigenvalue weighted by Crippen LogP contribution is 2.25. The number of nitrogens with zero attached hydrogens (tertiary/aromatic N) is 4. The van der Waals surface area contributed by atoms with Crippen LogP contribution in [0.3, 0.4) is 0 Å². The molecule has 0 radical (unpaired) electrons. The normalized spacial score (nSPS) is 18.2. The van der Waals surface area contributed by atoms with Gasteiger partial charge >= 0.3 is 0 Å². The first-order valence-electron chi connectivity index (χ1n) is 5.81. The maximum Gasteiger partial charge on any atom is 0.224 e. The minimum absolute atomic E-state index is 0.268. The van der Waals surface area contributed by atoms with E-state index in [4.69, 9.17) is 17.3 Å². The zero-order chi connectivity index (χ0) is 12.4. The van der Waals surface area contributed by atoms with Crippen LogP contribution in [0.25, 0.3) is 0 Å². The van der Waals surface area contributed by atoms with Crippen molar-refractivity contribution >= 4 is 23.1 Å². The van der Waals surface area contributed by atoms with E-state index < -0.39 is 0 Å². The molecule has 2 N–H and O–H groups in total. The summed E-state index contributed by atoms with van der Waals surface area (Å²) < 4.78 is 0. The molecular formula is C11H18ClN5. The summed E-state index contributed by atoms with van der Waals surface area (Å²) in [5, 5.41) is 0.268. The average Bonchev–Trinajstić information content (AvgIpc) is 2.48. The van der Waals surface area contributed by atoms with Crippen molar-refractivity contribution in [3.8, 4) is 0 Å². The summed E-state index contributed by atoms with van der Waals surface area (Å²) >= 11 is 5.90. The lowest BCUT2D eigenvalue weighted by Gasteiger charge is -2.23. The minimum Gasteiger partial charge on any atom is -0.394 e. The van der Waals surface area contributed by atoms with Crippen molar-refractivity contribution in [2.75, 3.05) is 43.9 Å². The van der Waals surface area contributed by atoms with E-state index in [-0.39, 0.29) is 5.28 Å². The molecule has 0 amide bonds. The van der Waals surface area contributed by atoms with Gasteiger partial charge in [-0.25, -0.2) is 4.98 Å². The van der Waals surface area contributed by atoms with Gasteiger partial charge in [-0.3, -0.25) is 0 Å². The lowest BCUT2D eigenvalue weighted by Crippen LogP contribution is -2.30. The lowest BCUT2D eigenvalue weighted by atomic mass is 10.3. The molecule has 1 saturated heterocycles. The van der Waals surface area contributed by atoms with Crippen molar-refractivity contribution in [1.82, 2.24) is 14.9 Å². The maximum absolute atomic E-state index is 6.03. The van der Waals surface area contributed by atoms with Crippen LogP contribution in [0.2, 0.25) is 5.28 Å². The van der Waals surface area contributed by atoms with E-state index in [0.717, 1.165) is 44.1 Å². The van der Waals surface area contributed by atoms with Crippen molar-refractivity contribution in [3.63, 3.8) is 0 Å². The average molecular weight is 256 g/mol. The van der Waals surface area contributed by atoms with Gasteiger partial charge in [0.15, 0.2) is 5.82 Å². The van der Waals surface area contributed by atoms with Crippen LogP contribution in [-0.4, -0.2) is 48.1 Å². The second-order valence-corrected chi connectivity index (χ2v) is 4.80. The number of halogens is 1. The highest BCUT2D eigenvalue weighted by atomic mass is 35.5. The fraction of sp³-hybridized carbons (Fsp3) is 0.636. The van der Waals surface area contributed by atoms with E-state index in [0.29, 0.717) is 5.69 Å². The summed E-state index contributed by atoms with van der Waals surface area (Å²) in [7, 11) is 2.13. The molecule has 1 aliphatic rings. The molecule has 1 fully saturated rings. The van der Waals surface area contributed by atoms with Gasteiger partial charge < -0.3 is 15.5 Å². The molecule has 0 bridgehead atoms. The quantitative estimate of drug-likeness (QED) is 0.764. The number of hydrogen-bond donors (Lipinski definition) is 1. The molecule has 0 unspecified atom stereocenters. The van der Waals surface area contributed by atoms with Crippen LogP contribution in [0.1, 0.15) is 12.1 Å². The standard InChI is InChI=1S/C11H18ClN5/c1-8-9(13)10(15-11(12)14-8)17-5-3-4-16(2)6-7-17/h3-7,13H2,1-2H3. The molecule has 0 spiro atoms. The Morgan fingerprint density at radius 3 is 2.71 bits per heavy atom. The van der Waals surface area contributed by atoms with Crippen LogP contribution in [0, 0.1) is 6.92 Å². The van der Waals surface area contributed by atoms with E-state index in [1.165, 1.54) is 0 Å². The topological polar surface area (TPSA) is 58.3 Å². The Hall–Kier alpha value is -1.07. The highest BCUT2D eigenvalue weighted by Gasteiger charge is 2.18. The molecule has 1 aromatic heterocycles. The molecule has 1 aromatic rings. The lowest BCUT2D eigenvalue weighted by molar-refractivity contribution is 0.360. The Kier molecular flexibility index (Phi) is 3.69. The van der Waals surface area contributed by atoms with Crippen molar-refractivity contribution in [1.29, 1.82) is 0 Å². The highest BCUT2D eigenvalue weighted by molar-refractivity contribution is 6.28. The van der Waals surface area contributed by atoms with Gasteiger partial charge in [0.2, 0.25) is 5.28 Å². The predicted molar refractivity (Wildman–Crippen MR) is 70.5 cm³/mol. The third-order valence-corrected chi connectivity index (χ3v) is 3.28. The SMILES string of the molecule is Cc1nc(Cl)nc(N2CCCN(C)CC2)c1N. The summed E-state index contributed by atoms with van der Waals surface area (Å²) in [5.74, 6) is 0.776. The fourth-order valence-electron chi connectivity index (χ4n) is 2.03. The molecule has 0 aliphatic carbocycles. The molecule has 0 atom stereocenters. The first-order chi connectivity index (χ1) is 8.08. The number of anilines is 2. The van der Waals surface area contributed by atoms with Crippen molar-refractivity contribution in [2.24, 2.45) is 0 Å². The molecule has 0 aromatic carbocycles. The summed E-state index contributed by atoms with van der Waals surface area (Å²) in [6.07, 6.45) is 1.11. The van der Waals surface area contributed by atoms with Gasteiger partial charge in [-0.05, 0) is 38.5 Å². The van der Waals surface area contributed by atoms with Gasteiger partial charge in [-0.15, -0.1) is 0 Å². The van der Waals surface area contributed by atoms with Crippen LogP contribution in [0.15, 0.2) is 0 Å². The Balaban J connectivity index is 2.26. The van der Waals surface area contributed by atoms with E-state index in [1.54, 1.807) is 0 Å². The number of hydrogen-bond acceptors (Lipinski definition) is 5. The van der Waals surface area contributed by atoms with E-state index in [2.05, 4.69) is 26.8 Å². The minimum atomic E-state index is 0.268. The largest absolute Gasteiger partial charge is 0.394 e. The van der Waals surface area contributed by atoms with Gasteiger partial charge in [-0.1, -0.05) is 0 Å². The van der Waals surface area contributed by atoms with Crippen LogP contribution in [-0.2, 0) is 0 Å². The first kappa shape index (κ1) is 12.4. The zero-order valence-corrected chi connectivity index (χ0v) is 11.0. The second-order valence-electron chi connectivity index (χ2n) is 4.46. The zero-order valence-electron chi connectivity index (χ0n) is 10.3. The van der Waals surface area contributed by atoms with Gasteiger partial charge in [0.05, 0.1) is 11.4 Å². The van der Waals surface area contributed by atoms with Crippen LogP contribution in [0.4, 0.5) is 11.5 Å². The van der Waals surface area contributed by atoms with Crippen LogP contribution < -0.4 is 10.6 Å². The summed E-state index contributed by atoms with van der Waals surface area (Å²) in [4.78, 5) is 12.8. The van der Waals surface area contributed by atoms with Crippen molar-refractivity contribution in [2.45, 2.75) is 13.3 Å². The number of aromatic nitrogens is 2. The van der Waals surface area contributed by atoms with Crippen LogP contribution >= 0.6 is 11.6 Å². The maximum atomic E-state index is 6.03. The van der Waals surface area contributed by atoms with E-state index in [1.807, 2.05) is 6.92 Å². The molecule has 2 heterocycles. The molecule has 2 rings (SSSR count). The molecule has 94 valence electrons. The monoisotopic (exact) mass is 255 g/mol. The predicted octanol–water partition coefficient (Wildman–Crippen LogP) is 1.16. The third-order valence-electron chi connectivity index (χ3n) is 3.11. The number of aryl methyl sites for hydroxylation is 1. The van der Waals surface area contributed by atoms with Gasteiger partial charge in [-0.2, -0.15) is 4.98 Å². The Bertz CT molecular complexity index is 409. The molecule has 6 heteroatoms. The smallest absolute Gasteiger partial charge is 0.224 e. The molecular weight excluding hydrogens is 238 g/mol. The first-order valence-corrected chi connectivity index (χ1v) is 6.19. The molecule has 1 aliphatic heterocycles. The second kappa shape index (κ2) is 5.06. The van der Waals surface area contributed by atoms with E-state index >= 15 is 0 Å². The number of likely N-dealkylation sites (N-methyl/N-ethyl adjacent to an activating group) is 1. The van der Waals surface area contributed by atoms with Gasteiger partial charge in [0.25, 0.3) is 0 Å². The van der Waals surface area contributed by atoms with Crippen LogP contribution in [0.5, 0.6) is 0 Å². The molecule has 17 heavy (non-hydrogen) atoms. The van der Waals surface area contributed by atoms with Gasteiger partial charge in [0, 0.05) is 19.6 Å². The van der Waals surface area contributed by atoms with Gasteiger partial charge in [0.1, 0.15) is 0 Å². The third kappa shape index (κ3) is 2.79.